The van der Waals surface area contributed by atoms with Gasteiger partial charge in [0.15, 0.2) is 6.04 Å². The molecule has 8 nitrogen and oxygen atoms in total. The largest absolute Gasteiger partial charge is 0.496 e. The fraction of sp³-hybridized carbons (Fsp3) is 0.143. The molecule has 1 amide bonds. The summed E-state index contributed by atoms with van der Waals surface area (Å²) >= 11 is 0. The number of carboxylic acid groups (broad SMARTS) is 1. The predicted molar refractivity (Wildman–Crippen MR) is 105 cm³/mol. The molecule has 1 heterocycles. The first-order valence-electron chi connectivity index (χ1n) is 8.88. The molecule has 0 aliphatic heterocycles. The number of carbonyl (C=O) groups is 2. The van der Waals surface area contributed by atoms with Gasteiger partial charge in [-0.15, -0.1) is 0 Å². The lowest BCUT2D eigenvalue weighted by molar-refractivity contribution is -0.142. The van der Waals surface area contributed by atoms with Crippen LogP contribution in [0.15, 0.2) is 65.5 Å². The van der Waals surface area contributed by atoms with E-state index in [4.69, 9.17) is 4.74 Å². The number of aliphatic carboxylic acids is 1. The van der Waals surface area contributed by atoms with Crippen molar-refractivity contribution >= 4 is 11.9 Å². The van der Waals surface area contributed by atoms with E-state index in [1.165, 1.54) is 37.4 Å². The van der Waals surface area contributed by atoms with E-state index in [0.29, 0.717) is 11.1 Å². The summed E-state index contributed by atoms with van der Waals surface area (Å²) in [6.07, 6.45) is 0. The highest BCUT2D eigenvalue weighted by atomic mass is 19.1. The fourth-order valence-corrected chi connectivity index (χ4v) is 2.86. The molecule has 154 valence electrons. The summed E-state index contributed by atoms with van der Waals surface area (Å²) in [5, 5.41) is 16.0. The number of benzene rings is 2. The molecular weight excluding hydrogens is 393 g/mol. The maximum absolute atomic E-state index is 13.4. The van der Waals surface area contributed by atoms with Gasteiger partial charge in [0, 0.05) is 17.7 Å². The molecule has 9 heteroatoms. The number of nitrogens with one attached hydrogen (secondary N) is 1. The smallest absolute Gasteiger partial charge is 0.330 e. The quantitative estimate of drug-likeness (QED) is 0.615. The van der Waals surface area contributed by atoms with E-state index in [2.05, 4.69) is 10.4 Å². The number of carbonyl (C=O) groups excluding carboxylic acids is 1. The van der Waals surface area contributed by atoms with Crippen molar-refractivity contribution in [2.75, 3.05) is 7.11 Å². The van der Waals surface area contributed by atoms with Crippen molar-refractivity contribution in [1.82, 2.24) is 15.1 Å². The second-order valence-electron chi connectivity index (χ2n) is 6.31. The second kappa shape index (κ2) is 8.99. The van der Waals surface area contributed by atoms with Crippen molar-refractivity contribution in [3.63, 3.8) is 0 Å². The van der Waals surface area contributed by atoms with E-state index in [1.54, 1.807) is 30.3 Å². The maximum Gasteiger partial charge on any atom is 0.330 e. The maximum atomic E-state index is 13.4. The van der Waals surface area contributed by atoms with Gasteiger partial charge in [0.1, 0.15) is 18.1 Å². The van der Waals surface area contributed by atoms with Crippen LogP contribution < -0.4 is 15.6 Å². The van der Waals surface area contributed by atoms with E-state index >= 15 is 0 Å². The SMILES string of the molecule is COc1cc(F)ccc1-c1ccc(=O)n(CC(=O)N[C@@H](C(=O)O)c2ccccc2)n1. The van der Waals surface area contributed by atoms with Gasteiger partial charge in [-0.1, -0.05) is 30.3 Å². The molecule has 0 bridgehead atoms. The van der Waals surface area contributed by atoms with Gasteiger partial charge >= 0.3 is 5.97 Å². The first kappa shape index (κ1) is 20.7. The minimum atomic E-state index is -1.27. The van der Waals surface area contributed by atoms with Crippen LogP contribution in [0.5, 0.6) is 5.75 Å². The molecular formula is C21H18FN3O5. The minimum Gasteiger partial charge on any atom is -0.496 e. The predicted octanol–water partition coefficient (Wildman–Crippen LogP) is 2.00. The van der Waals surface area contributed by atoms with Gasteiger partial charge in [-0.2, -0.15) is 5.10 Å². The molecule has 0 radical (unpaired) electrons. The van der Waals surface area contributed by atoms with Gasteiger partial charge in [-0.05, 0) is 23.8 Å². The number of carboxylic acids is 1. The second-order valence-corrected chi connectivity index (χ2v) is 6.31. The Hall–Kier alpha value is -4.01. The van der Waals surface area contributed by atoms with Crippen LogP contribution in [0.3, 0.4) is 0 Å². The van der Waals surface area contributed by atoms with Crippen molar-refractivity contribution < 1.29 is 23.8 Å². The third-order valence-corrected chi connectivity index (χ3v) is 4.28. The zero-order valence-corrected chi connectivity index (χ0v) is 15.9. The average Bonchev–Trinajstić information content (AvgIpc) is 2.74. The van der Waals surface area contributed by atoms with Crippen LogP contribution >= 0.6 is 0 Å². The summed E-state index contributed by atoms with van der Waals surface area (Å²) < 4.78 is 19.5. The molecule has 1 aromatic heterocycles. The number of ether oxygens (including phenoxy) is 1. The van der Waals surface area contributed by atoms with Gasteiger partial charge in [-0.3, -0.25) is 9.59 Å². The molecule has 0 aliphatic rings. The molecule has 1 atom stereocenters. The van der Waals surface area contributed by atoms with Crippen LogP contribution in [-0.4, -0.2) is 33.9 Å². The Balaban J connectivity index is 1.85. The number of rotatable bonds is 7. The number of methoxy groups -OCH3 is 1. The van der Waals surface area contributed by atoms with E-state index in [1.807, 2.05) is 0 Å². The van der Waals surface area contributed by atoms with Crippen molar-refractivity contribution in [3.8, 4) is 17.0 Å². The summed E-state index contributed by atoms with van der Waals surface area (Å²) in [5.41, 5.74) is 0.558. The Bertz CT molecular complexity index is 1130. The number of nitrogens with zero attached hydrogens (tertiary/aromatic N) is 2. The van der Waals surface area contributed by atoms with E-state index < -0.39 is 35.8 Å². The summed E-state index contributed by atoms with van der Waals surface area (Å²) in [4.78, 5) is 36.1. The fourth-order valence-electron chi connectivity index (χ4n) is 2.86. The highest BCUT2D eigenvalue weighted by Gasteiger charge is 2.22. The molecule has 0 aliphatic carbocycles. The molecule has 0 saturated carbocycles. The molecule has 3 rings (SSSR count). The highest BCUT2D eigenvalue weighted by Crippen LogP contribution is 2.28. The van der Waals surface area contributed by atoms with Crippen LogP contribution in [0, 0.1) is 5.82 Å². The Morgan fingerprint density at radius 1 is 1.17 bits per heavy atom. The minimum absolute atomic E-state index is 0.215. The monoisotopic (exact) mass is 411 g/mol. The third-order valence-electron chi connectivity index (χ3n) is 4.28. The van der Waals surface area contributed by atoms with Gasteiger partial charge in [0.25, 0.3) is 5.56 Å². The van der Waals surface area contributed by atoms with Gasteiger partial charge in [-0.25, -0.2) is 13.9 Å². The van der Waals surface area contributed by atoms with E-state index in [0.717, 1.165) is 4.68 Å². The number of halogens is 1. The van der Waals surface area contributed by atoms with Crippen molar-refractivity contribution in [2.45, 2.75) is 12.6 Å². The standard InChI is InChI=1S/C21H18FN3O5/c1-30-17-11-14(22)7-8-15(17)16-9-10-19(27)25(24-16)12-18(26)23-20(21(28)29)13-5-3-2-4-6-13/h2-11,20H,12H2,1H3,(H,23,26)(H,28,29)/t20-/m1/s1. The highest BCUT2D eigenvalue weighted by molar-refractivity contribution is 5.84. The lowest BCUT2D eigenvalue weighted by Gasteiger charge is -2.15. The van der Waals surface area contributed by atoms with E-state index in [9.17, 15) is 23.9 Å². The first-order chi connectivity index (χ1) is 14.4. The summed E-state index contributed by atoms with van der Waals surface area (Å²) in [6.45, 7) is -0.493. The zero-order chi connectivity index (χ0) is 21.7. The lowest BCUT2D eigenvalue weighted by Crippen LogP contribution is -2.38. The topological polar surface area (TPSA) is 111 Å². The summed E-state index contributed by atoms with van der Waals surface area (Å²) in [7, 11) is 1.37. The van der Waals surface area contributed by atoms with Gasteiger partial charge in [0.2, 0.25) is 5.91 Å². The van der Waals surface area contributed by atoms with Crippen LogP contribution in [0.25, 0.3) is 11.3 Å². The number of hydrogen-bond donors (Lipinski definition) is 2. The third kappa shape index (κ3) is 4.69. The van der Waals surface area contributed by atoms with Crippen LogP contribution in [0.2, 0.25) is 0 Å². The molecule has 2 N–H and O–H groups in total. The molecule has 3 aromatic rings. The van der Waals surface area contributed by atoms with Gasteiger partial charge in [0.05, 0.1) is 12.8 Å². The molecule has 0 unspecified atom stereocenters. The number of aromatic nitrogens is 2. The molecule has 30 heavy (non-hydrogen) atoms. The van der Waals surface area contributed by atoms with Crippen LogP contribution in [-0.2, 0) is 16.1 Å². The Labute approximate surface area is 170 Å². The van der Waals surface area contributed by atoms with Crippen LogP contribution in [0.1, 0.15) is 11.6 Å². The lowest BCUT2D eigenvalue weighted by atomic mass is 10.1. The average molecular weight is 411 g/mol. The van der Waals surface area contributed by atoms with Gasteiger partial charge < -0.3 is 15.2 Å². The molecule has 2 aromatic carbocycles. The first-order valence-corrected chi connectivity index (χ1v) is 8.88. The number of amides is 1. The van der Waals surface area contributed by atoms with Crippen molar-refractivity contribution in [2.24, 2.45) is 0 Å². The molecule has 0 spiro atoms. The molecule has 0 fully saturated rings. The van der Waals surface area contributed by atoms with Crippen molar-refractivity contribution in [1.29, 1.82) is 0 Å². The van der Waals surface area contributed by atoms with E-state index in [-0.39, 0.29) is 11.4 Å². The Kier molecular flexibility index (Phi) is 6.21. The zero-order valence-electron chi connectivity index (χ0n) is 15.9. The van der Waals surface area contributed by atoms with Crippen LogP contribution in [0.4, 0.5) is 4.39 Å². The Morgan fingerprint density at radius 3 is 2.57 bits per heavy atom. The Morgan fingerprint density at radius 2 is 1.90 bits per heavy atom. The normalized spacial score (nSPS) is 11.5. The summed E-state index contributed by atoms with van der Waals surface area (Å²) in [6, 6.07) is 13.4. The van der Waals surface area contributed by atoms with Crippen molar-refractivity contribution in [3.05, 3.63) is 82.4 Å². The summed E-state index contributed by atoms with van der Waals surface area (Å²) in [5.74, 6) is -2.22. The molecule has 0 saturated heterocycles. The number of hydrogen-bond acceptors (Lipinski definition) is 5.